The van der Waals surface area contributed by atoms with E-state index in [0.717, 1.165) is 0 Å². The van der Waals surface area contributed by atoms with Gasteiger partial charge in [-0.05, 0) is 25.6 Å². The second-order valence-electron chi connectivity index (χ2n) is 4.16. The minimum absolute atomic E-state index is 0.144. The number of ether oxygens (including phenoxy) is 2. The van der Waals surface area contributed by atoms with Crippen molar-refractivity contribution in [3.05, 3.63) is 0 Å². The van der Waals surface area contributed by atoms with Crippen LogP contribution in [0.4, 0.5) is 0 Å². The predicted molar refractivity (Wildman–Crippen MR) is 71.4 cm³/mol. The highest BCUT2D eigenvalue weighted by Crippen LogP contribution is 2.51. The number of hydrogen-bond donors (Lipinski definition) is 0. The third-order valence-electron chi connectivity index (χ3n) is 3.19. The first-order chi connectivity index (χ1) is 7.85. The van der Waals surface area contributed by atoms with Crippen molar-refractivity contribution in [2.75, 3.05) is 13.7 Å². The van der Waals surface area contributed by atoms with Crippen LogP contribution in [0.1, 0.15) is 20.3 Å². The molecule has 0 aliphatic heterocycles. The van der Waals surface area contributed by atoms with Crippen molar-refractivity contribution in [3.63, 3.8) is 0 Å². The first-order valence-electron chi connectivity index (χ1n) is 5.47. The Morgan fingerprint density at radius 1 is 1.53 bits per heavy atom. The van der Waals surface area contributed by atoms with Gasteiger partial charge >= 0.3 is 5.97 Å². The van der Waals surface area contributed by atoms with Crippen molar-refractivity contribution in [1.29, 1.82) is 0 Å². The van der Waals surface area contributed by atoms with Crippen LogP contribution in [0.15, 0.2) is 0 Å². The van der Waals surface area contributed by atoms with Gasteiger partial charge in [-0.25, -0.2) is 0 Å². The molecule has 0 N–H and O–H groups in total. The van der Waals surface area contributed by atoms with Crippen molar-refractivity contribution in [3.8, 4) is 0 Å². The number of rotatable bonds is 3. The molecule has 0 heterocycles. The maximum absolute atomic E-state index is 11.7. The fraction of sp³-hybridized carbons (Fsp3) is 0.818. The Morgan fingerprint density at radius 2 is 2.12 bits per heavy atom. The molecule has 1 aliphatic rings. The second-order valence-corrected chi connectivity index (χ2v) is 6.11. The maximum Gasteiger partial charge on any atom is 0.309 e. The highest BCUT2D eigenvalue weighted by Gasteiger charge is 2.54. The number of methoxy groups -OCH3 is 1. The van der Waals surface area contributed by atoms with E-state index in [4.69, 9.17) is 44.9 Å². The lowest BCUT2D eigenvalue weighted by Gasteiger charge is -2.23. The van der Waals surface area contributed by atoms with Crippen molar-refractivity contribution >= 4 is 46.4 Å². The zero-order valence-electron chi connectivity index (χ0n) is 10.0. The summed E-state index contributed by atoms with van der Waals surface area (Å²) in [7, 11) is 1.34. The fourth-order valence-electron chi connectivity index (χ4n) is 2.21. The van der Waals surface area contributed by atoms with E-state index < -0.39 is 10.3 Å². The van der Waals surface area contributed by atoms with Gasteiger partial charge in [-0.3, -0.25) is 4.79 Å². The van der Waals surface area contributed by atoms with Crippen LogP contribution in [0.25, 0.3) is 0 Å². The van der Waals surface area contributed by atoms with Crippen LogP contribution in [0.3, 0.4) is 0 Å². The summed E-state index contributed by atoms with van der Waals surface area (Å²) >= 11 is 17.6. The van der Waals surface area contributed by atoms with Crippen LogP contribution < -0.4 is 0 Å². The molecule has 1 aliphatic carbocycles. The molecule has 0 aromatic rings. The summed E-state index contributed by atoms with van der Waals surface area (Å²) in [5.74, 6) is -1.18. The van der Waals surface area contributed by atoms with Crippen LogP contribution in [0.5, 0.6) is 0 Å². The number of thiocarbonyl (C=S) groups is 1. The number of esters is 1. The van der Waals surface area contributed by atoms with Gasteiger partial charge in [-0.15, -0.1) is 23.2 Å². The van der Waals surface area contributed by atoms with Gasteiger partial charge in [-0.1, -0.05) is 6.92 Å². The minimum Gasteiger partial charge on any atom is -0.487 e. The Balaban J connectivity index is 2.95. The molecule has 0 unspecified atom stereocenters. The molecule has 0 aromatic carbocycles. The summed E-state index contributed by atoms with van der Waals surface area (Å²) in [6.07, 6.45) is 0.335. The molecule has 1 rings (SSSR count). The summed E-state index contributed by atoms with van der Waals surface area (Å²) < 4.78 is 9.12. The normalized spacial score (nSPS) is 31.0. The molecular formula is C11H16Cl2O3S. The average Bonchev–Trinajstić information content (AvgIpc) is 2.50. The lowest BCUT2D eigenvalue weighted by Crippen LogP contribution is -2.31. The lowest BCUT2D eigenvalue weighted by molar-refractivity contribution is -0.146. The summed E-state index contributed by atoms with van der Waals surface area (Å²) in [5.41, 5.74) is 0. The van der Waals surface area contributed by atoms with Crippen molar-refractivity contribution in [2.45, 2.75) is 24.6 Å². The van der Waals surface area contributed by atoms with Crippen molar-refractivity contribution in [1.82, 2.24) is 0 Å². The van der Waals surface area contributed by atoms with E-state index in [-0.39, 0.29) is 17.8 Å². The second kappa shape index (κ2) is 5.72. The Bertz CT molecular complexity index is 320. The number of hydrogen-bond acceptors (Lipinski definition) is 4. The summed E-state index contributed by atoms with van der Waals surface area (Å²) in [6.45, 7) is 4.18. The Morgan fingerprint density at radius 3 is 2.59 bits per heavy atom. The standard InChI is InChI=1S/C11H16Cl2O3S/c1-4-16-10(17)8-6(2)11(12,13)5-7(8)9(14)15-3/h6-8H,4-5H2,1-3H3/t6-,7+,8-/m1/s1. The van der Waals surface area contributed by atoms with Gasteiger partial charge in [0.1, 0.15) is 4.33 Å². The van der Waals surface area contributed by atoms with Crippen molar-refractivity contribution < 1.29 is 14.3 Å². The molecule has 0 spiro atoms. The Labute approximate surface area is 117 Å². The van der Waals surface area contributed by atoms with Crippen LogP contribution in [0, 0.1) is 17.8 Å². The quantitative estimate of drug-likeness (QED) is 0.456. The van der Waals surface area contributed by atoms with E-state index >= 15 is 0 Å². The smallest absolute Gasteiger partial charge is 0.309 e. The molecule has 17 heavy (non-hydrogen) atoms. The number of carbonyl (C=O) groups excluding carboxylic acids is 1. The molecule has 0 radical (unpaired) electrons. The van der Waals surface area contributed by atoms with Gasteiger partial charge in [0.15, 0.2) is 5.05 Å². The lowest BCUT2D eigenvalue weighted by atomic mass is 9.91. The third kappa shape index (κ3) is 3.04. The SMILES string of the molecule is CCOC(=S)[C@H]1[C@@H](C(=O)OC)CC(Cl)(Cl)[C@@H]1C. The maximum atomic E-state index is 11.7. The largest absolute Gasteiger partial charge is 0.487 e. The minimum atomic E-state index is -0.968. The molecule has 6 heteroatoms. The highest BCUT2D eigenvalue weighted by atomic mass is 35.5. The first kappa shape index (κ1) is 15.0. The number of carbonyl (C=O) groups is 1. The van der Waals surface area contributed by atoms with Gasteiger partial charge in [0, 0.05) is 11.8 Å². The van der Waals surface area contributed by atoms with E-state index in [1.807, 2.05) is 13.8 Å². The van der Waals surface area contributed by atoms with E-state index in [2.05, 4.69) is 0 Å². The zero-order chi connectivity index (χ0) is 13.2. The van der Waals surface area contributed by atoms with E-state index in [1.165, 1.54) is 7.11 Å². The van der Waals surface area contributed by atoms with Crippen molar-refractivity contribution in [2.24, 2.45) is 17.8 Å². The highest BCUT2D eigenvalue weighted by molar-refractivity contribution is 7.80. The van der Waals surface area contributed by atoms with Crippen LogP contribution in [0.2, 0.25) is 0 Å². The van der Waals surface area contributed by atoms with Gasteiger partial charge in [0.2, 0.25) is 0 Å². The molecule has 0 saturated heterocycles. The monoisotopic (exact) mass is 298 g/mol. The van der Waals surface area contributed by atoms with Gasteiger partial charge in [0.05, 0.1) is 19.6 Å². The predicted octanol–water partition coefficient (Wildman–Crippen LogP) is 2.97. The molecule has 0 bridgehead atoms. The molecule has 3 atom stereocenters. The van der Waals surface area contributed by atoms with E-state index in [9.17, 15) is 4.79 Å². The molecular weight excluding hydrogens is 283 g/mol. The average molecular weight is 299 g/mol. The topological polar surface area (TPSA) is 35.5 Å². The molecule has 0 amide bonds. The van der Waals surface area contributed by atoms with Gasteiger partial charge < -0.3 is 9.47 Å². The number of alkyl halides is 2. The fourth-order valence-corrected chi connectivity index (χ4v) is 3.30. The first-order valence-corrected chi connectivity index (χ1v) is 6.63. The van der Waals surface area contributed by atoms with E-state index in [0.29, 0.717) is 18.1 Å². The summed E-state index contributed by atoms with van der Waals surface area (Å²) in [4.78, 5) is 11.7. The molecule has 1 saturated carbocycles. The van der Waals surface area contributed by atoms with Gasteiger partial charge in [-0.2, -0.15) is 0 Å². The third-order valence-corrected chi connectivity index (χ3v) is 4.58. The van der Waals surface area contributed by atoms with Crippen LogP contribution in [-0.2, 0) is 14.3 Å². The molecule has 98 valence electrons. The zero-order valence-corrected chi connectivity index (χ0v) is 12.4. The summed E-state index contributed by atoms with van der Waals surface area (Å²) in [5, 5.41) is 0.388. The van der Waals surface area contributed by atoms with E-state index in [1.54, 1.807) is 0 Å². The Kier molecular flexibility index (Phi) is 5.05. The molecule has 0 aromatic heterocycles. The van der Waals surface area contributed by atoms with Crippen LogP contribution in [-0.4, -0.2) is 29.1 Å². The molecule has 3 nitrogen and oxygen atoms in total. The summed E-state index contributed by atoms with van der Waals surface area (Å²) in [6, 6.07) is 0. The molecule has 1 fully saturated rings. The Hall–Kier alpha value is -0.0600. The number of halogens is 2. The van der Waals surface area contributed by atoms with Crippen LogP contribution >= 0.6 is 35.4 Å². The van der Waals surface area contributed by atoms with Gasteiger partial charge in [0.25, 0.3) is 0 Å².